The van der Waals surface area contributed by atoms with E-state index in [1.807, 2.05) is 24.3 Å². The number of aliphatic hydroxyl groups is 1. The van der Waals surface area contributed by atoms with Crippen molar-refractivity contribution < 1.29 is 9.84 Å². The van der Waals surface area contributed by atoms with Crippen LogP contribution in [0.5, 0.6) is 5.75 Å². The van der Waals surface area contributed by atoms with E-state index >= 15 is 0 Å². The lowest BCUT2D eigenvalue weighted by molar-refractivity contribution is 0.297. The van der Waals surface area contributed by atoms with E-state index in [-0.39, 0.29) is 6.61 Å². The van der Waals surface area contributed by atoms with Gasteiger partial charge >= 0.3 is 0 Å². The zero-order chi connectivity index (χ0) is 13.7. The Morgan fingerprint density at radius 1 is 1.26 bits per heavy atom. The minimum absolute atomic E-state index is 0.178. The van der Waals surface area contributed by atoms with Crippen LogP contribution < -0.4 is 4.74 Å². The van der Waals surface area contributed by atoms with Gasteiger partial charge in [0.1, 0.15) is 12.4 Å². The van der Waals surface area contributed by atoms with Crippen LogP contribution in [0, 0.1) is 0 Å². The molecule has 0 aliphatic rings. The van der Waals surface area contributed by atoms with Crippen molar-refractivity contribution in [1.82, 2.24) is 4.98 Å². The average molecular weight is 277 g/mol. The lowest BCUT2D eigenvalue weighted by Crippen LogP contribution is -1.97. The molecule has 0 bridgehead atoms. The van der Waals surface area contributed by atoms with Gasteiger partial charge in [0.15, 0.2) is 0 Å². The first-order chi connectivity index (χ1) is 9.19. The van der Waals surface area contributed by atoms with Crippen LogP contribution in [0.3, 0.4) is 0 Å². The van der Waals surface area contributed by atoms with Crippen molar-refractivity contribution in [2.75, 3.05) is 6.61 Å². The molecule has 0 saturated heterocycles. The molecule has 1 heterocycles. The number of aliphatic hydroxyl groups excluding tert-OH is 1. The third kappa shape index (κ3) is 4.04. The summed E-state index contributed by atoms with van der Waals surface area (Å²) in [5.41, 5.74) is 2.10. The molecule has 3 nitrogen and oxygen atoms in total. The molecule has 2 aromatic rings. The van der Waals surface area contributed by atoms with Gasteiger partial charge in [-0.15, -0.1) is 11.3 Å². The molecule has 0 radical (unpaired) electrons. The summed E-state index contributed by atoms with van der Waals surface area (Å²) < 4.78 is 5.70. The summed E-state index contributed by atoms with van der Waals surface area (Å²) in [6.07, 6.45) is 0.685. The van der Waals surface area contributed by atoms with Gasteiger partial charge in [0, 0.05) is 17.9 Å². The molecular formula is C15H19NO2S. The van der Waals surface area contributed by atoms with Gasteiger partial charge in [0.05, 0.1) is 10.7 Å². The average Bonchev–Trinajstić information content (AvgIpc) is 2.87. The lowest BCUT2D eigenvalue weighted by Gasteiger charge is -2.05. The van der Waals surface area contributed by atoms with Crippen LogP contribution in [0.1, 0.15) is 36.0 Å². The van der Waals surface area contributed by atoms with Crippen molar-refractivity contribution in [2.45, 2.75) is 32.8 Å². The second kappa shape index (κ2) is 6.68. The predicted octanol–water partition coefficient (Wildman–Crippen LogP) is 3.38. The van der Waals surface area contributed by atoms with Crippen LogP contribution >= 0.6 is 11.3 Å². The van der Waals surface area contributed by atoms with Crippen molar-refractivity contribution in [3.63, 3.8) is 0 Å². The van der Waals surface area contributed by atoms with E-state index in [9.17, 15) is 0 Å². The Bertz CT molecular complexity index is 505. The highest BCUT2D eigenvalue weighted by atomic mass is 32.1. The van der Waals surface area contributed by atoms with Gasteiger partial charge in [-0.25, -0.2) is 4.98 Å². The third-order valence-corrected chi connectivity index (χ3v) is 3.97. The number of rotatable bonds is 6. The molecular weight excluding hydrogens is 258 g/mol. The largest absolute Gasteiger partial charge is 0.487 e. The number of benzene rings is 1. The molecule has 1 aromatic heterocycles. The van der Waals surface area contributed by atoms with E-state index < -0.39 is 0 Å². The monoisotopic (exact) mass is 277 g/mol. The van der Waals surface area contributed by atoms with Crippen LogP contribution in [-0.4, -0.2) is 16.7 Å². The first-order valence-corrected chi connectivity index (χ1v) is 7.34. The number of hydrogen-bond donors (Lipinski definition) is 1. The van der Waals surface area contributed by atoms with Crippen LogP contribution in [0.2, 0.25) is 0 Å². The highest BCUT2D eigenvalue weighted by Crippen LogP contribution is 2.20. The zero-order valence-corrected chi connectivity index (χ0v) is 12.1. The Hall–Kier alpha value is -1.39. The summed E-state index contributed by atoms with van der Waals surface area (Å²) in [5, 5.41) is 12.1. The van der Waals surface area contributed by atoms with Gasteiger partial charge in [-0.2, -0.15) is 0 Å². The standard InChI is InChI=1S/C15H19NO2S/c1-11(2)15-16-13(10-19-15)9-18-14-5-3-12(4-6-14)7-8-17/h3-6,10-11,17H,7-9H2,1-2H3. The molecule has 2 rings (SSSR count). The van der Waals surface area contributed by atoms with E-state index in [0.29, 0.717) is 18.9 Å². The molecule has 1 aromatic carbocycles. The van der Waals surface area contributed by atoms with E-state index in [4.69, 9.17) is 9.84 Å². The van der Waals surface area contributed by atoms with Crippen LogP contribution in [0.4, 0.5) is 0 Å². The molecule has 4 heteroatoms. The number of hydrogen-bond acceptors (Lipinski definition) is 4. The molecule has 0 spiro atoms. The molecule has 0 aliphatic heterocycles. The van der Waals surface area contributed by atoms with Gasteiger partial charge in [-0.1, -0.05) is 26.0 Å². The first-order valence-electron chi connectivity index (χ1n) is 6.46. The van der Waals surface area contributed by atoms with E-state index in [1.165, 1.54) is 0 Å². The van der Waals surface area contributed by atoms with Crippen molar-refractivity contribution >= 4 is 11.3 Å². The van der Waals surface area contributed by atoms with Crippen LogP contribution in [0.25, 0.3) is 0 Å². The fourth-order valence-electron chi connectivity index (χ4n) is 1.69. The smallest absolute Gasteiger partial charge is 0.131 e. The minimum Gasteiger partial charge on any atom is -0.487 e. The summed E-state index contributed by atoms with van der Waals surface area (Å²) in [7, 11) is 0. The molecule has 0 aliphatic carbocycles. The fourth-order valence-corrected chi connectivity index (χ4v) is 2.51. The highest BCUT2D eigenvalue weighted by molar-refractivity contribution is 7.09. The molecule has 102 valence electrons. The third-order valence-electron chi connectivity index (χ3n) is 2.77. The second-order valence-electron chi connectivity index (χ2n) is 4.74. The molecule has 19 heavy (non-hydrogen) atoms. The van der Waals surface area contributed by atoms with Gasteiger partial charge < -0.3 is 9.84 Å². The molecule has 0 fully saturated rings. The van der Waals surface area contributed by atoms with Gasteiger partial charge in [-0.05, 0) is 24.1 Å². The SMILES string of the molecule is CC(C)c1nc(COc2ccc(CCO)cc2)cs1. The Morgan fingerprint density at radius 3 is 2.58 bits per heavy atom. The van der Waals surface area contributed by atoms with Gasteiger partial charge in [0.2, 0.25) is 0 Å². The predicted molar refractivity (Wildman–Crippen MR) is 77.8 cm³/mol. The Balaban J connectivity index is 1.90. The van der Waals surface area contributed by atoms with E-state index in [0.717, 1.165) is 22.0 Å². The maximum atomic E-state index is 8.85. The van der Waals surface area contributed by atoms with E-state index in [1.54, 1.807) is 11.3 Å². The summed E-state index contributed by atoms with van der Waals surface area (Å²) in [6.45, 7) is 4.96. The number of aromatic nitrogens is 1. The Labute approximate surface area is 117 Å². The van der Waals surface area contributed by atoms with Crippen molar-refractivity contribution in [3.05, 3.63) is 45.9 Å². The van der Waals surface area contributed by atoms with Gasteiger partial charge in [-0.3, -0.25) is 0 Å². The highest BCUT2D eigenvalue weighted by Gasteiger charge is 2.06. The molecule has 0 saturated carbocycles. The van der Waals surface area contributed by atoms with Crippen molar-refractivity contribution in [2.24, 2.45) is 0 Å². The van der Waals surface area contributed by atoms with Crippen LogP contribution in [-0.2, 0) is 13.0 Å². The summed E-state index contributed by atoms with van der Waals surface area (Å²) >= 11 is 1.68. The van der Waals surface area contributed by atoms with E-state index in [2.05, 4.69) is 24.2 Å². The lowest BCUT2D eigenvalue weighted by atomic mass is 10.1. The number of thiazole rings is 1. The van der Waals surface area contributed by atoms with Gasteiger partial charge in [0.25, 0.3) is 0 Å². The fraction of sp³-hybridized carbons (Fsp3) is 0.400. The summed E-state index contributed by atoms with van der Waals surface area (Å²) in [5.74, 6) is 1.30. The quantitative estimate of drug-likeness (QED) is 0.880. The molecule has 1 N–H and O–H groups in total. The first kappa shape index (κ1) is 14.0. The molecule has 0 unspecified atom stereocenters. The molecule has 0 amide bonds. The maximum absolute atomic E-state index is 8.85. The zero-order valence-electron chi connectivity index (χ0n) is 11.3. The van der Waals surface area contributed by atoms with Crippen molar-refractivity contribution in [3.8, 4) is 5.75 Å². The summed E-state index contributed by atoms with van der Waals surface area (Å²) in [4.78, 5) is 4.53. The minimum atomic E-state index is 0.178. The Kier molecular flexibility index (Phi) is 4.93. The molecule has 0 atom stereocenters. The van der Waals surface area contributed by atoms with Crippen LogP contribution in [0.15, 0.2) is 29.6 Å². The number of ether oxygens (including phenoxy) is 1. The normalized spacial score (nSPS) is 10.9. The second-order valence-corrected chi connectivity index (χ2v) is 5.63. The Morgan fingerprint density at radius 2 is 2.00 bits per heavy atom. The summed E-state index contributed by atoms with van der Waals surface area (Å²) in [6, 6.07) is 7.82. The van der Waals surface area contributed by atoms with Crippen molar-refractivity contribution in [1.29, 1.82) is 0 Å². The maximum Gasteiger partial charge on any atom is 0.131 e. The number of nitrogens with zero attached hydrogens (tertiary/aromatic N) is 1. The topological polar surface area (TPSA) is 42.4 Å².